The number of rotatable bonds is 4. The van der Waals surface area contributed by atoms with Crippen molar-refractivity contribution in [3.05, 3.63) is 35.9 Å². The standard InChI is InChI=1S/C11H15NOS/c1-2-4-10(5-3-1)8-13-12-11-6-7-14-9-11/h1-5,11-12H,6-9H2. The minimum absolute atomic E-state index is 0.545. The number of hydroxylamine groups is 1. The first kappa shape index (κ1) is 10.0. The second kappa shape index (κ2) is 5.39. The minimum Gasteiger partial charge on any atom is -0.297 e. The fraction of sp³-hybridized carbons (Fsp3) is 0.455. The van der Waals surface area contributed by atoms with Crippen LogP contribution >= 0.6 is 11.8 Å². The average molecular weight is 209 g/mol. The first-order valence-electron chi connectivity index (χ1n) is 4.94. The molecule has 0 amide bonds. The molecular formula is C11H15NOS. The summed E-state index contributed by atoms with van der Waals surface area (Å²) >= 11 is 1.99. The van der Waals surface area contributed by atoms with E-state index in [1.807, 2.05) is 30.0 Å². The number of thioether (sulfide) groups is 1. The summed E-state index contributed by atoms with van der Waals surface area (Å²) < 4.78 is 0. The second-order valence-electron chi connectivity index (χ2n) is 3.45. The summed E-state index contributed by atoms with van der Waals surface area (Å²) in [6.07, 6.45) is 1.22. The zero-order chi connectivity index (χ0) is 9.64. The molecule has 0 spiro atoms. The average Bonchev–Trinajstić information content (AvgIpc) is 2.72. The molecule has 2 rings (SSSR count). The van der Waals surface area contributed by atoms with Crippen molar-refractivity contribution in [2.45, 2.75) is 19.1 Å². The maximum absolute atomic E-state index is 5.44. The Morgan fingerprint density at radius 3 is 2.93 bits per heavy atom. The topological polar surface area (TPSA) is 21.3 Å². The lowest BCUT2D eigenvalue weighted by Gasteiger charge is -2.10. The molecule has 0 bridgehead atoms. The van der Waals surface area contributed by atoms with Crippen molar-refractivity contribution in [2.24, 2.45) is 0 Å². The van der Waals surface area contributed by atoms with Gasteiger partial charge in [-0.3, -0.25) is 4.84 Å². The first-order chi connectivity index (χ1) is 6.95. The Kier molecular flexibility index (Phi) is 3.86. The Hall–Kier alpha value is -0.510. The molecule has 1 saturated heterocycles. The van der Waals surface area contributed by atoms with Gasteiger partial charge < -0.3 is 0 Å². The van der Waals surface area contributed by atoms with Gasteiger partial charge in [0.25, 0.3) is 0 Å². The van der Waals surface area contributed by atoms with E-state index >= 15 is 0 Å². The van der Waals surface area contributed by atoms with Gasteiger partial charge in [-0.25, -0.2) is 0 Å². The molecule has 1 aromatic carbocycles. The molecule has 0 aliphatic carbocycles. The summed E-state index contributed by atoms with van der Waals surface area (Å²) in [6.45, 7) is 0.655. The highest BCUT2D eigenvalue weighted by molar-refractivity contribution is 7.99. The summed E-state index contributed by atoms with van der Waals surface area (Å²) in [6, 6.07) is 10.8. The summed E-state index contributed by atoms with van der Waals surface area (Å²) in [7, 11) is 0. The number of hydrogen-bond donors (Lipinski definition) is 1. The fourth-order valence-corrected chi connectivity index (χ4v) is 2.58. The van der Waals surface area contributed by atoms with Crippen LogP contribution in [0.2, 0.25) is 0 Å². The van der Waals surface area contributed by atoms with Crippen molar-refractivity contribution in [1.82, 2.24) is 5.48 Å². The molecular weight excluding hydrogens is 194 g/mol. The normalized spacial score (nSPS) is 21.3. The van der Waals surface area contributed by atoms with Crippen molar-refractivity contribution in [2.75, 3.05) is 11.5 Å². The third-order valence-electron chi connectivity index (χ3n) is 2.26. The van der Waals surface area contributed by atoms with Crippen molar-refractivity contribution >= 4 is 11.8 Å². The van der Waals surface area contributed by atoms with Crippen molar-refractivity contribution in [1.29, 1.82) is 0 Å². The van der Waals surface area contributed by atoms with Crippen LogP contribution in [0.4, 0.5) is 0 Å². The maximum Gasteiger partial charge on any atom is 0.0933 e. The first-order valence-corrected chi connectivity index (χ1v) is 6.09. The summed E-state index contributed by atoms with van der Waals surface area (Å²) in [4.78, 5) is 5.44. The molecule has 1 heterocycles. The summed E-state index contributed by atoms with van der Waals surface area (Å²) in [5.41, 5.74) is 4.32. The highest BCUT2D eigenvalue weighted by Gasteiger charge is 2.14. The lowest BCUT2D eigenvalue weighted by atomic mass is 10.2. The molecule has 1 N–H and O–H groups in total. The van der Waals surface area contributed by atoms with Gasteiger partial charge in [-0.15, -0.1) is 0 Å². The van der Waals surface area contributed by atoms with E-state index in [1.54, 1.807) is 0 Å². The van der Waals surface area contributed by atoms with E-state index in [9.17, 15) is 0 Å². The van der Waals surface area contributed by atoms with Crippen LogP contribution in [0.1, 0.15) is 12.0 Å². The third-order valence-corrected chi connectivity index (χ3v) is 3.42. The van der Waals surface area contributed by atoms with Gasteiger partial charge in [-0.1, -0.05) is 30.3 Å². The molecule has 14 heavy (non-hydrogen) atoms. The number of nitrogens with one attached hydrogen (secondary N) is 1. The molecule has 1 aliphatic rings. The highest BCUT2D eigenvalue weighted by atomic mass is 32.2. The predicted octanol–water partition coefficient (Wildman–Crippen LogP) is 2.21. The molecule has 0 radical (unpaired) electrons. The van der Waals surface area contributed by atoms with Gasteiger partial charge in [0.05, 0.1) is 6.61 Å². The van der Waals surface area contributed by atoms with Crippen molar-refractivity contribution < 1.29 is 4.84 Å². The molecule has 1 aromatic rings. The largest absolute Gasteiger partial charge is 0.297 e. The quantitative estimate of drug-likeness (QED) is 0.768. The molecule has 2 nitrogen and oxygen atoms in total. The van der Waals surface area contributed by atoms with Crippen LogP contribution in [-0.2, 0) is 11.4 Å². The summed E-state index contributed by atoms with van der Waals surface area (Å²) in [5.74, 6) is 2.43. The highest BCUT2D eigenvalue weighted by Crippen LogP contribution is 2.16. The molecule has 3 heteroatoms. The molecule has 1 aliphatic heterocycles. The Morgan fingerprint density at radius 1 is 1.36 bits per heavy atom. The van der Waals surface area contributed by atoms with Crippen LogP contribution in [-0.4, -0.2) is 17.5 Å². The van der Waals surface area contributed by atoms with Crippen molar-refractivity contribution in [3.8, 4) is 0 Å². The lowest BCUT2D eigenvalue weighted by molar-refractivity contribution is 0.00920. The Balaban J connectivity index is 1.67. The van der Waals surface area contributed by atoms with Crippen LogP contribution in [0, 0.1) is 0 Å². The van der Waals surface area contributed by atoms with E-state index < -0.39 is 0 Å². The van der Waals surface area contributed by atoms with Crippen LogP contribution in [0.3, 0.4) is 0 Å². The monoisotopic (exact) mass is 209 g/mol. The van der Waals surface area contributed by atoms with Crippen molar-refractivity contribution in [3.63, 3.8) is 0 Å². The molecule has 1 atom stereocenters. The van der Waals surface area contributed by atoms with Crippen LogP contribution in [0.15, 0.2) is 30.3 Å². The SMILES string of the molecule is c1ccc(CONC2CCSC2)cc1. The van der Waals surface area contributed by atoms with Gasteiger partial charge >= 0.3 is 0 Å². The van der Waals surface area contributed by atoms with Gasteiger partial charge in [0.2, 0.25) is 0 Å². The second-order valence-corrected chi connectivity index (χ2v) is 4.60. The lowest BCUT2D eigenvalue weighted by Crippen LogP contribution is -2.28. The number of hydrogen-bond acceptors (Lipinski definition) is 3. The zero-order valence-corrected chi connectivity index (χ0v) is 8.93. The fourth-order valence-electron chi connectivity index (χ4n) is 1.44. The molecule has 1 fully saturated rings. The van der Waals surface area contributed by atoms with Crippen LogP contribution < -0.4 is 5.48 Å². The van der Waals surface area contributed by atoms with E-state index in [2.05, 4.69) is 17.6 Å². The Morgan fingerprint density at radius 2 is 2.21 bits per heavy atom. The summed E-state index contributed by atoms with van der Waals surface area (Å²) in [5, 5.41) is 0. The predicted molar refractivity (Wildman–Crippen MR) is 60.1 cm³/mol. The molecule has 0 aromatic heterocycles. The van der Waals surface area contributed by atoms with Gasteiger partial charge in [-0.05, 0) is 17.7 Å². The van der Waals surface area contributed by atoms with Gasteiger partial charge in [0, 0.05) is 11.8 Å². The van der Waals surface area contributed by atoms with Gasteiger partial charge in [0.1, 0.15) is 0 Å². The van der Waals surface area contributed by atoms with Crippen LogP contribution in [0.25, 0.3) is 0 Å². The number of benzene rings is 1. The van der Waals surface area contributed by atoms with E-state index in [0.29, 0.717) is 12.6 Å². The third kappa shape index (κ3) is 3.01. The Bertz CT molecular complexity index is 259. The Labute approximate surface area is 89.0 Å². The molecule has 0 saturated carbocycles. The van der Waals surface area contributed by atoms with E-state index in [1.165, 1.54) is 23.5 Å². The van der Waals surface area contributed by atoms with Gasteiger partial charge in [-0.2, -0.15) is 17.2 Å². The smallest absolute Gasteiger partial charge is 0.0933 e. The van der Waals surface area contributed by atoms with E-state index in [0.717, 1.165) is 0 Å². The molecule has 1 unspecified atom stereocenters. The van der Waals surface area contributed by atoms with E-state index in [-0.39, 0.29) is 0 Å². The maximum atomic E-state index is 5.44. The zero-order valence-electron chi connectivity index (χ0n) is 8.11. The minimum atomic E-state index is 0.545. The van der Waals surface area contributed by atoms with Gasteiger partial charge in [0.15, 0.2) is 0 Å². The van der Waals surface area contributed by atoms with E-state index in [4.69, 9.17) is 4.84 Å². The van der Waals surface area contributed by atoms with Crippen LogP contribution in [0.5, 0.6) is 0 Å². The molecule has 76 valence electrons.